The number of fused-ring (bicyclic) bond motifs is 1. The molecule has 0 spiro atoms. The Labute approximate surface area is 144 Å². The van der Waals surface area contributed by atoms with Gasteiger partial charge in [0.05, 0.1) is 0 Å². The van der Waals surface area contributed by atoms with Crippen LogP contribution in [0.1, 0.15) is 66.2 Å². The molecule has 0 aliphatic heterocycles. The second-order valence-electron chi connectivity index (χ2n) is 7.99. The molecule has 2 aliphatic rings. The Bertz CT molecular complexity index is 524. The molecule has 0 aromatic carbocycles. The van der Waals surface area contributed by atoms with Crippen molar-refractivity contribution in [3.63, 3.8) is 0 Å². The highest BCUT2D eigenvalue weighted by Crippen LogP contribution is 2.52. The predicted molar refractivity (Wildman–Crippen MR) is 91.4 cm³/mol. The maximum atomic E-state index is 12.3. The van der Waals surface area contributed by atoms with E-state index in [9.17, 15) is 19.2 Å². The molecule has 24 heavy (non-hydrogen) atoms. The van der Waals surface area contributed by atoms with Gasteiger partial charge in [0.25, 0.3) is 0 Å². The zero-order valence-corrected chi connectivity index (χ0v) is 15.3. The smallest absolute Gasteiger partial charge is 0.133 e. The highest BCUT2D eigenvalue weighted by atomic mass is 16.1. The number of rotatable bonds is 6. The van der Waals surface area contributed by atoms with Crippen molar-refractivity contribution < 1.29 is 19.2 Å². The van der Waals surface area contributed by atoms with Gasteiger partial charge in [-0.25, -0.2) is 0 Å². The van der Waals surface area contributed by atoms with E-state index in [1.807, 2.05) is 0 Å². The molecule has 0 aromatic heterocycles. The average Bonchev–Trinajstić information content (AvgIpc) is 2.50. The minimum absolute atomic E-state index is 0.0237. The Balaban J connectivity index is 2.40. The number of carbonyl (C=O) groups excluding carboxylic acids is 4. The van der Waals surface area contributed by atoms with E-state index < -0.39 is 0 Å². The van der Waals surface area contributed by atoms with E-state index in [2.05, 4.69) is 0 Å². The average molecular weight is 334 g/mol. The van der Waals surface area contributed by atoms with Crippen LogP contribution in [0.15, 0.2) is 0 Å². The summed E-state index contributed by atoms with van der Waals surface area (Å²) < 4.78 is 0. The van der Waals surface area contributed by atoms with E-state index >= 15 is 0 Å². The fraction of sp³-hybridized carbons (Fsp3) is 0.800. The Hall–Kier alpha value is -1.32. The molecule has 6 atom stereocenters. The molecule has 134 valence electrons. The summed E-state index contributed by atoms with van der Waals surface area (Å²) in [7, 11) is 0. The summed E-state index contributed by atoms with van der Waals surface area (Å²) in [4.78, 5) is 48.4. The summed E-state index contributed by atoms with van der Waals surface area (Å²) in [5, 5.41) is 0. The Kier molecular flexibility index (Phi) is 6.11. The van der Waals surface area contributed by atoms with Gasteiger partial charge < -0.3 is 4.79 Å². The van der Waals surface area contributed by atoms with Gasteiger partial charge in [-0.1, -0.05) is 12.8 Å². The Morgan fingerprint density at radius 1 is 0.875 bits per heavy atom. The van der Waals surface area contributed by atoms with Crippen molar-refractivity contribution in [2.75, 3.05) is 0 Å². The van der Waals surface area contributed by atoms with Gasteiger partial charge in [-0.05, 0) is 64.7 Å². The van der Waals surface area contributed by atoms with E-state index in [1.54, 1.807) is 20.8 Å². The highest BCUT2D eigenvalue weighted by Gasteiger charge is 2.51. The minimum Gasteiger partial charge on any atom is -0.300 e. The second kappa shape index (κ2) is 7.71. The number of carbonyl (C=O) groups is 4. The molecule has 0 N–H and O–H groups in total. The zero-order valence-electron chi connectivity index (χ0n) is 15.3. The van der Waals surface area contributed by atoms with Crippen molar-refractivity contribution in [2.45, 2.75) is 66.2 Å². The molecule has 0 bridgehead atoms. The lowest BCUT2D eigenvalue weighted by Gasteiger charge is -2.50. The quantitative estimate of drug-likeness (QED) is 0.746. The lowest BCUT2D eigenvalue weighted by molar-refractivity contribution is -0.143. The molecule has 6 unspecified atom stereocenters. The molecule has 0 saturated heterocycles. The standard InChI is InChI=1S/C20H30O4/c1-11(21)9-17(12(2)22)19-10-18(13(3)23)20(14(4)24)16-8-6-5-7-15(16)19/h15-20H,5-10H2,1-4H3. The zero-order chi connectivity index (χ0) is 18.0. The van der Waals surface area contributed by atoms with Crippen LogP contribution in [-0.4, -0.2) is 23.1 Å². The summed E-state index contributed by atoms with van der Waals surface area (Å²) >= 11 is 0. The SMILES string of the molecule is CC(=O)CC(C(C)=O)C1CC(C(C)=O)C(C(C)=O)C2CCCCC12. The summed E-state index contributed by atoms with van der Waals surface area (Å²) in [5.74, 6) is -0.0301. The van der Waals surface area contributed by atoms with Crippen LogP contribution in [0.4, 0.5) is 0 Å². The highest BCUT2D eigenvalue weighted by molar-refractivity contribution is 5.89. The largest absolute Gasteiger partial charge is 0.300 e. The third-order valence-electron chi connectivity index (χ3n) is 6.38. The van der Waals surface area contributed by atoms with Crippen LogP contribution < -0.4 is 0 Å². The number of hydrogen-bond acceptors (Lipinski definition) is 4. The maximum Gasteiger partial charge on any atom is 0.133 e. The van der Waals surface area contributed by atoms with Gasteiger partial charge in [0, 0.05) is 24.2 Å². The van der Waals surface area contributed by atoms with E-state index in [1.165, 1.54) is 6.92 Å². The fourth-order valence-electron chi connectivity index (χ4n) is 5.45. The van der Waals surface area contributed by atoms with E-state index in [-0.39, 0.29) is 65.1 Å². The number of Topliss-reactive ketones (excluding diaryl/α,β-unsaturated/α-hetero) is 4. The third-order valence-corrected chi connectivity index (χ3v) is 6.38. The van der Waals surface area contributed by atoms with E-state index in [4.69, 9.17) is 0 Å². The lowest BCUT2D eigenvalue weighted by atomic mass is 9.53. The monoisotopic (exact) mass is 334 g/mol. The van der Waals surface area contributed by atoms with Crippen molar-refractivity contribution in [3.05, 3.63) is 0 Å². The topological polar surface area (TPSA) is 68.3 Å². The van der Waals surface area contributed by atoms with Gasteiger partial charge in [0.2, 0.25) is 0 Å². The molecule has 2 aliphatic carbocycles. The molecular weight excluding hydrogens is 304 g/mol. The third kappa shape index (κ3) is 3.84. The molecule has 0 amide bonds. The summed E-state index contributed by atoms with van der Waals surface area (Å²) in [6.45, 7) is 6.25. The van der Waals surface area contributed by atoms with Crippen molar-refractivity contribution in [2.24, 2.45) is 35.5 Å². The van der Waals surface area contributed by atoms with Gasteiger partial charge in [-0.15, -0.1) is 0 Å². The molecule has 0 heterocycles. The minimum atomic E-state index is -0.303. The van der Waals surface area contributed by atoms with Crippen LogP contribution in [0.25, 0.3) is 0 Å². The molecule has 4 heteroatoms. The number of ketones is 4. The van der Waals surface area contributed by atoms with Gasteiger partial charge >= 0.3 is 0 Å². The van der Waals surface area contributed by atoms with Crippen LogP contribution in [0.2, 0.25) is 0 Å². The molecule has 0 aromatic rings. The molecule has 0 radical (unpaired) electrons. The first kappa shape index (κ1) is 19.0. The first-order valence-corrected chi connectivity index (χ1v) is 9.24. The Morgan fingerprint density at radius 3 is 1.92 bits per heavy atom. The molecule has 2 rings (SSSR count). The van der Waals surface area contributed by atoms with Crippen molar-refractivity contribution >= 4 is 23.1 Å². The van der Waals surface area contributed by atoms with Gasteiger partial charge in [0.1, 0.15) is 23.1 Å². The van der Waals surface area contributed by atoms with E-state index in [0.717, 1.165) is 25.7 Å². The van der Waals surface area contributed by atoms with Gasteiger partial charge in [-0.2, -0.15) is 0 Å². The van der Waals surface area contributed by atoms with Gasteiger partial charge in [-0.3, -0.25) is 14.4 Å². The van der Waals surface area contributed by atoms with Gasteiger partial charge in [0.15, 0.2) is 0 Å². The molecule has 4 nitrogen and oxygen atoms in total. The molecule has 2 fully saturated rings. The summed E-state index contributed by atoms with van der Waals surface area (Å²) in [6, 6.07) is 0. The summed E-state index contributed by atoms with van der Waals surface area (Å²) in [6.07, 6.45) is 5.00. The van der Waals surface area contributed by atoms with Crippen LogP contribution in [0.5, 0.6) is 0 Å². The second-order valence-corrected chi connectivity index (χ2v) is 7.99. The van der Waals surface area contributed by atoms with Crippen LogP contribution in [-0.2, 0) is 19.2 Å². The predicted octanol–water partition coefficient (Wildman–Crippen LogP) is 3.41. The maximum absolute atomic E-state index is 12.3. The first-order chi connectivity index (χ1) is 11.2. The van der Waals surface area contributed by atoms with Crippen LogP contribution in [0.3, 0.4) is 0 Å². The normalized spacial score (nSPS) is 34.1. The fourth-order valence-corrected chi connectivity index (χ4v) is 5.45. The van der Waals surface area contributed by atoms with Crippen molar-refractivity contribution in [3.8, 4) is 0 Å². The van der Waals surface area contributed by atoms with E-state index in [0.29, 0.717) is 6.42 Å². The lowest BCUT2D eigenvalue weighted by Crippen LogP contribution is -2.49. The first-order valence-electron chi connectivity index (χ1n) is 9.24. The van der Waals surface area contributed by atoms with Crippen molar-refractivity contribution in [1.82, 2.24) is 0 Å². The van der Waals surface area contributed by atoms with Crippen molar-refractivity contribution in [1.29, 1.82) is 0 Å². The Morgan fingerprint density at radius 2 is 1.46 bits per heavy atom. The summed E-state index contributed by atoms with van der Waals surface area (Å²) in [5.41, 5.74) is 0. The molecular formula is C20H30O4. The number of hydrogen-bond donors (Lipinski definition) is 0. The van der Waals surface area contributed by atoms with Crippen LogP contribution >= 0.6 is 0 Å². The molecule has 2 saturated carbocycles. The van der Waals surface area contributed by atoms with Crippen LogP contribution in [0, 0.1) is 35.5 Å².